The second-order valence-electron chi connectivity index (χ2n) is 5.76. The summed E-state index contributed by atoms with van der Waals surface area (Å²) in [6.07, 6.45) is 0. The zero-order valence-electron chi connectivity index (χ0n) is 13.5. The number of hydrogen-bond donors (Lipinski definition) is 1. The third-order valence-corrected chi connectivity index (χ3v) is 3.90. The number of fused-ring (bicyclic) bond motifs is 1. The standard InChI is InChI=1S/C22H12F2O2/c23-16-10-14(11-17(24)12-16)6-8-20-19-9-7-18(25)13-21(19)26-22(20)15-4-2-1-3-5-15/h1-5,7,9-13,25H. The zero-order chi connectivity index (χ0) is 18.1. The molecule has 4 rings (SSSR count). The third-order valence-electron chi connectivity index (χ3n) is 3.90. The number of benzene rings is 3. The average Bonchev–Trinajstić information content (AvgIpc) is 2.97. The van der Waals surface area contributed by atoms with Crippen LogP contribution >= 0.6 is 0 Å². The van der Waals surface area contributed by atoms with Gasteiger partial charge in [-0.2, -0.15) is 0 Å². The van der Waals surface area contributed by atoms with E-state index in [0.717, 1.165) is 11.6 Å². The fraction of sp³-hybridized carbons (Fsp3) is 0. The summed E-state index contributed by atoms with van der Waals surface area (Å²) in [5.74, 6) is 5.02. The van der Waals surface area contributed by atoms with Gasteiger partial charge in [-0.05, 0) is 24.3 Å². The summed E-state index contributed by atoms with van der Waals surface area (Å²) in [6.45, 7) is 0. The van der Waals surface area contributed by atoms with Crippen LogP contribution < -0.4 is 0 Å². The van der Waals surface area contributed by atoms with E-state index < -0.39 is 11.6 Å². The van der Waals surface area contributed by atoms with Gasteiger partial charge in [-0.25, -0.2) is 8.78 Å². The molecule has 0 saturated heterocycles. The van der Waals surface area contributed by atoms with Crippen molar-refractivity contribution in [3.8, 4) is 28.9 Å². The molecule has 2 nitrogen and oxygen atoms in total. The van der Waals surface area contributed by atoms with Gasteiger partial charge in [0.05, 0.1) is 5.56 Å². The molecule has 126 valence electrons. The molecular weight excluding hydrogens is 334 g/mol. The first-order valence-corrected chi connectivity index (χ1v) is 7.89. The van der Waals surface area contributed by atoms with Crippen molar-refractivity contribution in [2.45, 2.75) is 0 Å². The molecule has 0 fully saturated rings. The summed E-state index contributed by atoms with van der Waals surface area (Å²) in [5.41, 5.74) is 2.13. The number of phenolic OH excluding ortho intramolecular Hbond substituents is 1. The Morgan fingerprint density at radius 2 is 1.54 bits per heavy atom. The molecule has 0 spiro atoms. The fourth-order valence-electron chi connectivity index (χ4n) is 2.76. The maximum atomic E-state index is 13.4. The molecule has 1 N–H and O–H groups in total. The van der Waals surface area contributed by atoms with Crippen molar-refractivity contribution < 1.29 is 18.3 Å². The van der Waals surface area contributed by atoms with Gasteiger partial charge < -0.3 is 9.52 Å². The number of aromatic hydroxyl groups is 1. The summed E-state index contributed by atoms with van der Waals surface area (Å²) in [5, 5.41) is 10.4. The van der Waals surface area contributed by atoms with E-state index in [-0.39, 0.29) is 11.3 Å². The quantitative estimate of drug-likeness (QED) is 0.463. The Morgan fingerprint density at radius 3 is 2.27 bits per heavy atom. The number of phenols is 1. The van der Waals surface area contributed by atoms with Gasteiger partial charge in [0, 0.05) is 28.6 Å². The van der Waals surface area contributed by atoms with Crippen molar-refractivity contribution >= 4 is 11.0 Å². The van der Waals surface area contributed by atoms with Crippen LogP contribution in [0.2, 0.25) is 0 Å². The largest absolute Gasteiger partial charge is 0.508 e. The Bertz CT molecular complexity index is 1150. The summed E-state index contributed by atoms with van der Waals surface area (Å²) in [4.78, 5) is 0. The monoisotopic (exact) mass is 346 g/mol. The average molecular weight is 346 g/mol. The Labute approximate surface area is 148 Å². The Balaban J connectivity index is 1.92. The molecule has 0 aliphatic rings. The Hall–Kier alpha value is -3.58. The van der Waals surface area contributed by atoms with Crippen LogP contribution in [0.1, 0.15) is 11.1 Å². The molecule has 26 heavy (non-hydrogen) atoms. The highest BCUT2D eigenvalue weighted by Gasteiger charge is 2.14. The fourth-order valence-corrected chi connectivity index (χ4v) is 2.76. The molecule has 0 radical (unpaired) electrons. The van der Waals surface area contributed by atoms with Crippen molar-refractivity contribution in [1.82, 2.24) is 0 Å². The number of rotatable bonds is 1. The first-order valence-electron chi connectivity index (χ1n) is 7.89. The van der Waals surface area contributed by atoms with Crippen LogP contribution in [0.15, 0.2) is 71.1 Å². The van der Waals surface area contributed by atoms with E-state index in [1.54, 1.807) is 12.1 Å². The molecule has 0 aliphatic carbocycles. The van der Waals surface area contributed by atoms with Gasteiger partial charge in [0.2, 0.25) is 0 Å². The van der Waals surface area contributed by atoms with Gasteiger partial charge in [-0.15, -0.1) is 0 Å². The first-order chi connectivity index (χ1) is 12.6. The van der Waals surface area contributed by atoms with E-state index in [9.17, 15) is 13.9 Å². The van der Waals surface area contributed by atoms with Gasteiger partial charge >= 0.3 is 0 Å². The zero-order valence-corrected chi connectivity index (χ0v) is 13.5. The van der Waals surface area contributed by atoms with Crippen LogP contribution in [0.4, 0.5) is 8.78 Å². The van der Waals surface area contributed by atoms with Gasteiger partial charge in [0.1, 0.15) is 23.0 Å². The molecule has 0 atom stereocenters. The van der Waals surface area contributed by atoms with Crippen molar-refractivity contribution in [1.29, 1.82) is 0 Å². The molecule has 3 aromatic carbocycles. The lowest BCUT2D eigenvalue weighted by molar-refractivity contribution is 0.474. The van der Waals surface area contributed by atoms with Crippen LogP contribution in [0, 0.1) is 23.5 Å². The van der Waals surface area contributed by atoms with Crippen LogP contribution in [0.25, 0.3) is 22.3 Å². The molecule has 4 aromatic rings. The second kappa shape index (κ2) is 6.38. The molecule has 0 saturated carbocycles. The van der Waals surface area contributed by atoms with Crippen molar-refractivity contribution in [2.75, 3.05) is 0 Å². The second-order valence-corrected chi connectivity index (χ2v) is 5.76. The molecule has 0 bridgehead atoms. The van der Waals surface area contributed by atoms with Gasteiger partial charge in [-0.1, -0.05) is 42.2 Å². The maximum absolute atomic E-state index is 13.4. The maximum Gasteiger partial charge on any atom is 0.151 e. The summed E-state index contributed by atoms with van der Waals surface area (Å²) < 4.78 is 32.7. The van der Waals surface area contributed by atoms with E-state index in [1.165, 1.54) is 18.2 Å². The van der Waals surface area contributed by atoms with Gasteiger partial charge in [-0.3, -0.25) is 0 Å². The van der Waals surface area contributed by atoms with Crippen molar-refractivity contribution in [2.24, 2.45) is 0 Å². The lowest BCUT2D eigenvalue weighted by Crippen LogP contribution is -1.84. The minimum Gasteiger partial charge on any atom is -0.508 e. The minimum atomic E-state index is -0.681. The summed E-state index contributed by atoms with van der Waals surface area (Å²) >= 11 is 0. The van der Waals surface area contributed by atoms with Crippen LogP contribution in [0.5, 0.6) is 5.75 Å². The molecule has 0 amide bonds. The van der Waals surface area contributed by atoms with E-state index >= 15 is 0 Å². The van der Waals surface area contributed by atoms with Crippen LogP contribution in [-0.2, 0) is 0 Å². The SMILES string of the molecule is Oc1ccc2c(C#Cc3cc(F)cc(F)c3)c(-c3ccccc3)oc2c1. The first kappa shape index (κ1) is 15.9. The minimum absolute atomic E-state index is 0.0811. The van der Waals surface area contributed by atoms with Gasteiger partial charge in [0.25, 0.3) is 0 Å². The lowest BCUT2D eigenvalue weighted by atomic mass is 10.1. The molecule has 1 heterocycles. The highest BCUT2D eigenvalue weighted by molar-refractivity contribution is 5.92. The number of halogens is 2. The van der Waals surface area contributed by atoms with Crippen LogP contribution in [0.3, 0.4) is 0 Å². The predicted octanol–water partition coefficient (Wildman–Crippen LogP) is 5.48. The number of hydrogen-bond acceptors (Lipinski definition) is 2. The van der Waals surface area contributed by atoms with E-state index in [0.29, 0.717) is 22.3 Å². The highest BCUT2D eigenvalue weighted by atomic mass is 19.1. The smallest absolute Gasteiger partial charge is 0.151 e. The summed E-state index contributed by atoms with van der Waals surface area (Å²) in [7, 11) is 0. The molecule has 1 aromatic heterocycles. The Kier molecular flexibility index (Phi) is 3.91. The van der Waals surface area contributed by atoms with Gasteiger partial charge in [0.15, 0.2) is 5.76 Å². The van der Waals surface area contributed by atoms with E-state index in [1.807, 2.05) is 30.3 Å². The van der Waals surface area contributed by atoms with E-state index in [2.05, 4.69) is 11.8 Å². The third kappa shape index (κ3) is 3.03. The van der Waals surface area contributed by atoms with Crippen molar-refractivity contribution in [3.05, 3.63) is 89.5 Å². The normalized spacial score (nSPS) is 10.5. The molecule has 4 heteroatoms. The molecule has 0 unspecified atom stereocenters. The highest BCUT2D eigenvalue weighted by Crippen LogP contribution is 2.34. The predicted molar refractivity (Wildman–Crippen MR) is 95.7 cm³/mol. The summed E-state index contributed by atoms with van der Waals surface area (Å²) in [6, 6.07) is 17.3. The van der Waals surface area contributed by atoms with Crippen molar-refractivity contribution in [3.63, 3.8) is 0 Å². The lowest BCUT2D eigenvalue weighted by Gasteiger charge is -1.97. The Morgan fingerprint density at radius 1 is 0.808 bits per heavy atom. The van der Waals surface area contributed by atoms with Crippen LogP contribution in [-0.4, -0.2) is 5.11 Å². The molecular formula is C22H12F2O2. The topological polar surface area (TPSA) is 33.4 Å². The van der Waals surface area contributed by atoms with E-state index in [4.69, 9.17) is 4.42 Å². The number of furan rings is 1. The molecule has 0 aliphatic heterocycles.